The van der Waals surface area contributed by atoms with E-state index in [1.54, 1.807) is 0 Å². The summed E-state index contributed by atoms with van der Waals surface area (Å²) in [6.45, 7) is 6.69. The standard InChI is InChI=1S/C11H20N2/c1-8(2)9(3)13-11-5-4-10(6-11)7-12/h8-11,13H,4-6H2,1-3H3. The molecule has 2 heteroatoms. The van der Waals surface area contributed by atoms with Crippen molar-refractivity contribution in [2.45, 2.75) is 52.1 Å². The van der Waals surface area contributed by atoms with Crippen molar-refractivity contribution in [3.05, 3.63) is 0 Å². The van der Waals surface area contributed by atoms with Gasteiger partial charge in [-0.05, 0) is 32.1 Å². The minimum atomic E-state index is 0.303. The molecule has 0 aromatic heterocycles. The number of nitriles is 1. The van der Waals surface area contributed by atoms with Crippen LogP contribution in [0, 0.1) is 23.2 Å². The molecule has 3 unspecified atom stereocenters. The van der Waals surface area contributed by atoms with Gasteiger partial charge in [0.25, 0.3) is 0 Å². The van der Waals surface area contributed by atoms with Crippen LogP contribution in [0.2, 0.25) is 0 Å². The van der Waals surface area contributed by atoms with Gasteiger partial charge in [0.05, 0.1) is 6.07 Å². The van der Waals surface area contributed by atoms with E-state index in [9.17, 15) is 0 Å². The Labute approximate surface area is 81.3 Å². The Morgan fingerprint density at radius 2 is 2.00 bits per heavy atom. The monoisotopic (exact) mass is 180 g/mol. The van der Waals surface area contributed by atoms with Gasteiger partial charge < -0.3 is 5.32 Å². The summed E-state index contributed by atoms with van der Waals surface area (Å²) >= 11 is 0. The molecule has 0 amide bonds. The van der Waals surface area contributed by atoms with Gasteiger partial charge >= 0.3 is 0 Å². The number of nitrogens with one attached hydrogen (secondary N) is 1. The van der Waals surface area contributed by atoms with Crippen molar-refractivity contribution < 1.29 is 0 Å². The van der Waals surface area contributed by atoms with Crippen molar-refractivity contribution in [2.24, 2.45) is 11.8 Å². The highest BCUT2D eigenvalue weighted by molar-refractivity contribution is 4.93. The molecule has 74 valence electrons. The summed E-state index contributed by atoms with van der Waals surface area (Å²) in [6, 6.07) is 3.51. The van der Waals surface area contributed by atoms with Gasteiger partial charge in [0, 0.05) is 18.0 Å². The molecule has 3 atom stereocenters. The topological polar surface area (TPSA) is 35.8 Å². The molecule has 0 saturated heterocycles. The number of hydrogen-bond donors (Lipinski definition) is 1. The minimum absolute atomic E-state index is 0.303. The number of rotatable bonds is 3. The molecule has 1 rings (SSSR count). The second-order valence-corrected chi connectivity index (χ2v) is 4.54. The first kappa shape index (κ1) is 10.5. The lowest BCUT2D eigenvalue weighted by Crippen LogP contribution is -2.38. The molecule has 0 spiro atoms. The molecule has 13 heavy (non-hydrogen) atoms. The van der Waals surface area contributed by atoms with E-state index in [1.165, 1.54) is 6.42 Å². The third kappa shape index (κ3) is 3.00. The summed E-state index contributed by atoms with van der Waals surface area (Å²) in [4.78, 5) is 0. The average molecular weight is 180 g/mol. The second kappa shape index (κ2) is 4.62. The quantitative estimate of drug-likeness (QED) is 0.723. The first-order valence-electron chi connectivity index (χ1n) is 5.29. The van der Waals surface area contributed by atoms with Crippen LogP contribution in [0.1, 0.15) is 40.0 Å². The Hall–Kier alpha value is -0.550. The zero-order valence-corrected chi connectivity index (χ0v) is 8.88. The van der Waals surface area contributed by atoms with Crippen molar-refractivity contribution in [2.75, 3.05) is 0 Å². The molecule has 0 heterocycles. The van der Waals surface area contributed by atoms with Gasteiger partial charge in [0.2, 0.25) is 0 Å². The van der Waals surface area contributed by atoms with Gasteiger partial charge in [-0.2, -0.15) is 5.26 Å². The Morgan fingerprint density at radius 3 is 2.46 bits per heavy atom. The van der Waals surface area contributed by atoms with Crippen molar-refractivity contribution in [1.29, 1.82) is 5.26 Å². The van der Waals surface area contributed by atoms with Crippen molar-refractivity contribution in [1.82, 2.24) is 5.32 Å². The Balaban J connectivity index is 2.28. The summed E-state index contributed by atoms with van der Waals surface area (Å²) < 4.78 is 0. The predicted molar refractivity (Wildman–Crippen MR) is 54.2 cm³/mol. The molecule has 1 aliphatic carbocycles. The van der Waals surface area contributed by atoms with Crippen LogP contribution in [-0.2, 0) is 0 Å². The van der Waals surface area contributed by atoms with Crippen molar-refractivity contribution >= 4 is 0 Å². The SMILES string of the molecule is CC(C)C(C)NC1CCC(C#N)C1. The molecule has 0 bridgehead atoms. The maximum Gasteiger partial charge on any atom is 0.0656 e. The van der Waals surface area contributed by atoms with E-state index in [2.05, 4.69) is 32.2 Å². The lowest BCUT2D eigenvalue weighted by Gasteiger charge is -2.22. The molecule has 0 radical (unpaired) electrons. The van der Waals surface area contributed by atoms with Gasteiger partial charge in [-0.25, -0.2) is 0 Å². The average Bonchev–Trinajstić information content (AvgIpc) is 2.52. The molecular formula is C11H20N2. The summed E-state index contributed by atoms with van der Waals surface area (Å²) in [5.41, 5.74) is 0. The van der Waals surface area contributed by atoms with E-state index in [0.717, 1.165) is 12.8 Å². The molecule has 1 saturated carbocycles. The van der Waals surface area contributed by atoms with E-state index in [-0.39, 0.29) is 0 Å². The van der Waals surface area contributed by atoms with Crippen LogP contribution >= 0.6 is 0 Å². The van der Waals surface area contributed by atoms with Crippen LogP contribution in [-0.4, -0.2) is 12.1 Å². The molecule has 1 N–H and O–H groups in total. The number of hydrogen-bond acceptors (Lipinski definition) is 2. The summed E-state index contributed by atoms with van der Waals surface area (Å²) in [5, 5.41) is 12.3. The zero-order chi connectivity index (χ0) is 9.84. The summed E-state index contributed by atoms with van der Waals surface area (Å²) in [6.07, 6.45) is 3.31. The highest BCUT2D eigenvalue weighted by Gasteiger charge is 2.25. The molecule has 1 fully saturated rings. The fraction of sp³-hybridized carbons (Fsp3) is 0.909. The summed E-state index contributed by atoms with van der Waals surface area (Å²) in [7, 11) is 0. The van der Waals surface area contributed by atoms with E-state index < -0.39 is 0 Å². The van der Waals surface area contributed by atoms with Crippen LogP contribution in [0.25, 0.3) is 0 Å². The highest BCUT2D eigenvalue weighted by atomic mass is 15.0. The van der Waals surface area contributed by atoms with Gasteiger partial charge in [-0.15, -0.1) is 0 Å². The smallest absolute Gasteiger partial charge is 0.0656 e. The lowest BCUT2D eigenvalue weighted by atomic mass is 10.0. The van der Waals surface area contributed by atoms with Gasteiger partial charge in [0.15, 0.2) is 0 Å². The first-order valence-corrected chi connectivity index (χ1v) is 5.29. The second-order valence-electron chi connectivity index (χ2n) is 4.54. The van der Waals surface area contributed by atoms with Crippen LogP contribution in [0.4, 0.5) is 0 Å². The normalized spacial score (nSPS) is 30.4. The summed E-state index contributed by atoms with van der Waals surface area (Å²) in [5.74, 6) is 0.984. The lowest BCUT2D eigenvalue weighted by molar-refractivity contribution is 0.371. The van der Waals surface area contributed by atoms with Crippen LogP contribution in [0.3, 0.4) is 0 Å². The van der Waals surface area contributed by atoms with Crippen LogP contribution < -0.4 is 5.32 Å². The fourth-order valence-corrected chi connectivity index (χ4v) is 1.81. The fourth-order valence-electron chi connectivity index (χ4n) is 1.81. The molecule has 1 aliphatic rings. The van der Waals surface area contributed by atoms with Crippen LogP contribution in [0.15, 0.2) is 0 Å². The first-order chi connectivity index (χ1) is 6.13. The van der Waals surface area contributed by atoms with Gasteiger partial charge in [0.1, 0.15) is 0 Å². The predicted octanol–water partition coefficient (Wildman–Crippen LogP) is 2.31. The molecular weight excluding hydrogens is 160 g/mol. The third-order valence-electron chi connectivity index (χ3n) is 3.11. The van der Waals surface area contributed by atoms with E-state index in [0.29, 0.717) is 23.9 Å². The van der Waals surface area contributed by atoms with E-state index in [4.69, 9.17) is 5.26 Å². The van der Waals surface area contributed by atoms with E-state index in [1.807, 2.05) is 0 Å². The van der Waals surface area contributed by atoms with Gasteiger partial charge in [-0.1, -0.05) is 13.8 Å². The highest BCUT2D eigenvalue weighted by Crippen LogP contribution is 2.25. The number of nitrogens with zero attached hydrogens (tertiary/aromatic N) is 1. The van der Waals surface area contributed by atoms with Gasteiger partial charge in [-0.3, -0.25) is 0 Å². The Bertz CT molecular complexity index is 193. The van der Waals surface area contributed by atoms with E-state index >= 15 is 0 Å². The molecule has 2 nitrogen and oxygen atoms in total. The molecule has 0 aromatic carbocycles. The van der Waals surface area contributed by atoms with Crippen molar-refractivity contribution in [3.8, 4) is 6.07 Å². The largest absolute Gasteiger partial charge is 0.311 e. The Kier molecular flexibility index (Phi) is 3.74. The minimum Gasteiger partial charge on any atom is -0.311 e. The Morgan fingerprint density at radius 1 is 1.31 bits per heavy atom. The maximum atomic E-state index is 8.75. The zero-order valence-electron chi connectivity index (χ0n) is 8.88. The van der Waals surface area contributed by atoms with Crippen molar-refractivity contribution in [3.63, 3.8) is 0 Å². The molecule has 0 aliphatic heterocycles. The van der Waals surface area contributed by atoms with Crippen LogP contribution in [0.5, 0.6) is 0 Å². The third-order valence-corrected chi connectivity index (χ3v) is 3.11. The maximum absolute atomic E-state index is 8.75. The molecule has 0 aromatic rings.